The van der Waals surface area contributed by atoms with E-state index < -0.39 is 23.8 Å². The Hall–Kier alpha value is -5.10. The zero-order valence-electron chi connectivity index (χ0n) is 22.6. The number of anilines is 2. The first-order chi connectivity index (χ1) is 19.8. The van der Waals surface area contributed by atoms with E-state index >= 15 is 0 Å². The second-order valence-electron chi connectivity index (χ2n) is 8.74. The summed E-state index contributed by atoms with van der Waals surface area (Å²) in [5, 5.41) is 2.93. The molecule has 5 N–H and O–H groups in total. The molecule has 0 radical (unpaired) electrons. The van der Waals surface area contributed by atoms with Crippen LogP contribution in [0.1, 0.15) is 37.3 Å². The van der Waals surface area contributed by atoms with Gasteiger partial charge in [0.05, 0.1) is 27.0 Å². The Labute approximate surface area is 240 Å². The van der Waals surface area contributed by atoms with Gasteiger partial charge in [0.2, 0.25) is 5.91 Å². The molecule has 0 saturated heterocycles. The number of hydrogen-bond donors (Lipinski definition) is 3. The maximum absolute atomic E-state index is 14.3. The fourth-order valence-corrected chi connectivity index (χ4v) is 4.95. The smallest absolute Gasteiger partial charge is 0.273 e. The summed E-state index contributed by atoms with van der Waals surface area (Å²) in [6.45, 7) is 0.206. The summed E-state index contributed by atoms with van der Waals surface area (Å²) in [7, 11) is 4.46. The fourth-order valence-electron chi connectivity index (χ4n) is 4.20. The van der Waals surface area contributed by atoms with E-state index in [1.54, 1.807) is 42.5 Å². The average molecular weight is 576 g/mol. The van der Waals surface area contributed by atoms with Gasteiger partial charge in [-0.2, -0.15) is 4.37 Å². The largest absolute Gasteiger partial charge is 0.497 e. The Morgan fingerprint density at radius 3 is 2.29 bits per heavy atom. The van der Waals surface area contributed by atoms with Crippen molar-refractivity contribution in [1.82, 2.24) is 9.69 Å². The van der Waals surface area contributed by atoms with E-state index in [4.69, 9.17) is 25.7 Å². The molecule has 3 aromatic carbocycles. The van der Waals surface area contributed by atoms with Gasteiger partial charge in [-0.1, -0.05) is 42.5 Å². The number of amides is 3. The molecule has 0 aliphatic carbocycles. The standard InChI is InChI=1S/C29H29N5O6S/c1-38-20-11-7-10-19(15-20)34(29(37)26-23(30)24(27(31)35)33-41-26)25(18-12-13-21(39-2)22(14-18)40-3)28(36)32-16-17-8-5-4-6-9-17/h4-15,25H,16,30H2,1-3H3,(H2,31,35)(H,32,36)/t25-/m0/s1. The lowest BCUT2D eigenvalue weighted by Crippen LogP contribution is -2.44. The molecule has 0 bridgehead atoms. The van der Waals surface area contributed by atoms with E-state index in [1.165, 1.54) is 26.2 Å². The van der Waals surface area contributed by atoms with E-state index in [1.807, 2.05) is 30.3 Å². The molecule has 12 heteroatoms. The van der Waals surface area contributed by atoms with Gasteiger partial charge >= 0.3 is 0 Å². The van der Waals surface area contributed by atoms with Crippen molar-refractivity contribution in [3.8, 4) is 17.2 Å². The minimum absolute atomic E-state index is 0.0528. The molecule has 1 atom stereocenters. The molecule has 0 unspecified atom stereocenters. The lowest BCUT2D eigenvalue weighted by Gasteiger charge is -2.31. The first kappa shape index (κ1) is 28.9. The number of hydrogen-bond acceptors (Lipinski definition) is 9. The van der Waals surface area contributed by atoms with Crippen LogP contribution in [0.5, 0.6) is 17.2 Å². The Kier molecular flexibility index (Phi) is 9.05. The van der Waals surface area contributed by atoms with Crippen LogP contribution in [0.3, 0.4) is 0 Å². The van der Waals surface area contributed by atoms with Crippen LogP contribution in [-0.4, -0.2) is 43.4 Å². The molecule has 4 aromatic rings. The zero-order chi connectivity index (χ0) is 29.5. The number of rotatable bonds is 11. The number of primary amides is 1. The van der Waals surface area contributed by atoms with Crippen LogP contribution in [0.25, 0.3) is 0 Å². The predicted molar refractivity (Wildman–Crippen MR) is 155 cm³/mol. The van der Waals surface area contributed by atoms with Gasteiger partial charge in [-0.15, -0.1) is 0 Å². The molecule has 0 aliphatic rings. The van der Waals surface area contributed by atoms with Crippen LogP contribution < -0.4 is 35.9 Å². The van der Waals surface area contributed by atoms with Crippen LogP contribution >= 0.6 is 11.5 Å². The van der Waals surface area contributed by atoms with Gasteiger partial charge in [0, 0.05) is 18.3 Å². The molecule has 11 nitrogen and oxygen atoms in total. The van der Waals surface area contributed by atoms with Crippen molar-refractivity contribution in [3.63, 3.8) is 0 Å². The molecule has 4 rings (SSSR count). The first-order valence-electron chi connectivity index (χ1n) is 12.3. The monoisotopic (exact) mass is 575 g/mol. The van der Waals surface area contributed by atoms with Gasteiger partial charge in [-0.05, 0) is 46.9 Å². The highest BCUT2D eigenvalue weighted by Gasteiger charge is 2.36. The molecule has 3 amide bonds. The number of nitrogen functional groups attached to an aromatic ring is 1. The second kappa shape index (κ2) is 12.8. The Morgan fingerprint density at radius 2 is 1.66 bits per heavy atom. The molecule has 0 aliphatic heterocycles. The minimum Gasteiger partial charge on any atom is -0.497 e. The predicted octanol–water partition coefficient (Wildman–Crippen LogP) is 3.55. The molecule has 0 fully saturated rings. The highest BCUT2D eigenvalue weighted by Crippen LogP contribution is 2.37. The van der Waals surface area contributed by atoms with Crippen molar-refractivity contribution < 1.29 is 28.6 Å². The highest BCUT2D eigenvalue weighted by atomic mass is 32.1. The Morgan fingerprint density at radius 1 is 0.927 bits per heavy atom. The van der Waals surface area contributed by atoms with E-state index in [-0.39, 0.29) is 22.8 Å². The topological polar surface area (TPSA) is 159 Å². The summed E-state index contributed by atoms with van der Waals surface area (Å²) < 4.78 is 20.3. The lowest BCUT2D eigenvalue weighted by atomic mass is 10.0. The quantitative estimate of drug-likeness (QED) is 0.245. The number of ether oxygens (including phenoxy) is 3. The van der Waals surface area contributed by atoms with Crippen LogP contribution in [-0.2, 0) is 11.3 Å². The molecule has 0 saturated carbocycles. The van der Waals surface area contributed by atoms with Crippen molar-refractivity contribution in [1.29, 1.82) is 0 Å². The number of nitrogens with zero attached hydrogens (tertiary/aromatic N) is 2. The SMILES string of the molecule is COc1cccc(N(C(=O)c2snc(C(N)=O)c2N)[C@H](C(=O)NCc2ccccc2)c2ccc(OC)c(OC)c2)c1. The minimum atomic E-state index is -1.23. The summed E-state index contributed by atoms with van der Waals surface area (Å²) in [6.07, 6.45) is 0. The number of carbonyl (C=O) groups is 3. The molecule has 1 heterocycles. The van der Waals surface area contributed by atoms with Crippen molar-refractivity contribution in [2.45, 2.75) is 12.6 Å². The van der Waals surface area contributed by atoms with Gasteiger partial charge < -0.3 is 31.0 Å². The average Bonchev–Trinajstić information content (AvgIpc) is 3.39. The van der Waals surface area contributed by atoms with E-state index in [9.17, 15) is 14.4 Å². The second-order valence-corrected chi connectivity index (χ2v) is 9.51. The summed E-state index contributed by atoms with van der Waals surface area (Å²) in [4.78, 5) is 41.4. The maximum Gasteiger partial charge on any atom is 0.273 e. The number of nitrogens with one attached hydrogen (secondary N) is 1. The molecule has 212 valence electrons. The van der Waals surface area contributed by atoms with Gasteiger partial charge in [0.1, 0.15) is 16.7 Å². The van der Waals surface area contributed by atoms with Gasteiger partial charge in [0.15, 0.2) is 17.2 Å². The molecule has 0 spiro atoms. The summed E-state index contributed by atoms with van der Waals surface area (Å²) in [5.74, 6) is -0.784. The number of carbonyl (C=O) groups excluding carboxylic acids is 3. The molecular formula is C29H29N5O6S. The fraction of sp³-hybridized carbons (Fsp3) is 0.172. The number of nitrogens with two attached hydrogens (primary N) is 2. The third kappa shape index (κ3) is 6.23. The Bertz CT molecular complexity index is 1560. The van der Waals surface area contributed by atoms with Crippen molar-refractivity contribution in [3.05, 3.63) is 94.5 Å². The maximum atomic E-state index is 14.3. The summed E-state index contributed by atoms with van der Waals surface area (Å²) in [6, 6.07) is 19.7. The van der Waals surface area contributed by atoms with Crippen LogP contribution in [0.4, 0.5) is 11.4 Å². The van der Waals surface area contributed by atoms with Gasteiger partial charge in [-0.25, -0.2) is 0 Å². The first-order valence-corrected chi connectivity index (χ1v) is 13.1. The van der Waals surface area contributed by atoms with Crippen LogP contribution in [0, 0.1) is 0 Å². The van der Waals surface area contributed by atoms with Crippen molar-refractivity contribution in [2.75, 3.05) is 32.0 Å². The molecule has 41 heavy (non-hydrogen) atoms. The summed E-state index contributed by atoms with van der Waals surface area (Å²) >= 11 is 0.719. The third-order valence-corrected chi connectivity index (χ3v) is 7.10. The highest BCUT2D eigenvalue weighted by molar-refractivity contribution is 7.09. The van der Waals surface area contributed by atoms with Crippen LogP contribution in [0.15, 0.2) is 72.8 Å². The van der Waals surface area contributed by atoms with Crippen molar-refractivity contribution in [2.24, 2.45) is 5.73 Å². The van der Waals surface area contributed by atoms with Crippen molar-refractivity contribution >= 4 is 40.6 Å². The lowest BCUT2D eigenvalue weighted by molar-refractivity contribution is -0.122. The number of methoxy groups -OCH3 is 3. The van der Waals surface area contributed by atoms with E-state index in [0.29, 0.717) is 28.5 Å². The third-order valence-electron chi connectivity index (χ3n) is 6.25. The van der Waals surface area contributed by atoms with Gasteiger partial charge in [-0.3, -0.25) is 19.3 Å². The van der Waals surface area contributed by atoms with E-state index in [2.05, 4.69) is 9.69 Å². The van der Waals surface area contributed by atoms with Crippen LogP contribution in [0.2, 0.25) is 0 Å². The molecular weight excluding hydrogens is 546 g/mol. The van der Waals surface area contributed by atoms with E-state index in [0.717, 1.165) is 17.1 Å². The summed E-state index contributed by atoms with van der Waals surface area (Å²) in [5.41, 5.74) is 12.8. The normalized spacial score (nSPS) is 11.3. The number of aromatic nitrogens is 1. The zero-order valence-corrected chi connectivity index (χ0v) is 23.4. The van der Waals surface area contributed by atoms with Gasteiger partial charge in [0.25, 0.3) is 11.8 Å². The Balaban J connectivity index is 1.89. The number of benzene rings is 3. The molecule has 1 aromatic heterocycles.